The van der Waals surface area contributed by atoms with Gasteiger partial charge in [-0.25, -0.2) is 0 Å². The fraction of sp³-hybridized carbons (Fsp3) is 0.714. The predicted octanol–water partition coefficient (Wildman–Crippen LogP) is -0.626. The summed E-state index contributed by atoms with van der Waals surface area (Å²) in [5.74, 6) is -0.179. The Morgan fingerprint density at radius 3 is 2.86 bits per heavy atom. The second kappa shape index (κ2) is 6.13. The molecule has 2 heterocycles. The van der Waals surface area contributed by atoms with Crippen LogP contribution in [0, 0.1) is 0 Å². The van der Waals surface area contributed by atoms with Gasteiger partial charge < -0.3 is 15.2 Å². The maximum absolute atomic E-state index is 12.2. The highest BCUT2D eigenvalue weighted by atomic mass is 16.5. The number of amides is 1. The van der Waals surface area contributed by atoms with Gasteiger partial charge in [-0.2, -0.15) is 5.10 Å². The fourth-order valence-electron chi connectivity index (χ4n) is 3.26. The number of nitrogens with zero attached hydrogens (tertiary/aromatic N) is 3. The van der Waals surface area contributed by atoms with E-state index in [0.717, 1.165) is 39.1 Å². The number of morpholine rings is 1. The highest BCUT2D eigenvalue weighted by Gasteiger charge is 2.39. The lowest BCUT2D eigenvalue weighted by atomic mass is 10.1. The predicted molar refractivity (Wildman–Crippen MR) is 75.9 cm³/mol. The molecule has 2 N–H and O–H groups in total. The third-order valence-electron chi connectivity index (χ3n) is 4.46. The van der Waals surface area contributed by atoms with Crippen molar-refractivity contribution in [2.45, 2.75) is 31.0 Å². The third-order valence-corrected chi connectivity index (χ3v) is 4.46. The van der Waals surface area contributed by atoms with Crippen molar-refractivity contribution in [3.63, 3.8) is 0 Å². The first-order chi connectivity index (χ1) is 10.2. The van der Waals surface area contributed by atoms with Crippen LogP contribution in [0.5, 0.6) is 0 Å². The Bertz CT molecular complexity index is 498. The minimum atomic E-state index is -0.528. The van der Waals surface area contributed by atoms with Crippen molar-refractivity contribution in [2.24, 2.45) is 7.05 Å². The van der Waals surface area contributed by atoms with E-state index in [1.807, 2.05) is 0 Å². The van der Waals surface area contributed by atoms with Gasteiger partial charge in [-0.1, -0.05) is 0 Å². The van der Waals surface area contributed by atoms with Crippen LogP contribution < -0.4 is 5.32 Å². The zero-order valence-corrected chi connectivity index (χ0v) is 12.2. The summed E-state index contributed by atoms with van der Waals surface area (Å²) in [6, 6.07) is 1.60. The van der Waals surface area contributed by atoms with Crippen molar-refractivity contribution < 1.29 is 14.6 Å². The summed E-state index contributed by atoms with van der Waals surface area (Å²) in [4.78, 5) is 14.5. The lowest BCUT2D eigenvalue weighted by Gasteiger charge is -2.34. The number of carbonyl (C=O) groups is 1. The van der Waals surface area contributed by atoms with E-state index in [1.165, 1.54) is 4.68 Å². The van der Waals surface area contributed by atoms with Crippen molar-refractivity contribution >= 4 is 5.91 Å². The topological polar surface area (TPSA) is 79.6 Å². The van der Waals surface area contributed by atoms with Crippen molar-refractivity contribution in [2.75, 3.05) is 26.3 Å². The average Bonchev–Trinajstić information content (AvgIpc) is 3.07. The van der Waals surface area contributed by atoms with Crippen LogP contribution >= 0.6 is 0 Å². The van der Waals surface area contributed by atoms with Crippen LogP contribution in [0.1, 0.15) is 23.3 Å². The van der Waals surface area contributed by atoms with Crippen LogP contribution in [0.4, 0.5) is 0 Å². The molecule has 1 saturated carbocycles. The maximum Gasteiger partial charge on any atom is 0.269 e. The molecule has 1 saturated heterocycles. The second-order valence-corrected chi connectivity index (χ2v) is 5.70. The van der Waals surface area contributed by atoms with Gasteiger partial charge in [-0.05, 0) is 18.9 Å². The molecule has 1 aromatic rings. The molecule has 0 unspecified atom stereocenters. The zero-order valence-electron chi connectivity index (χ0n) is 12.2. The van der Waals surface area contributed by atoms with E-state index in [0.29, 0.717) is 5.69 Å². The number of carbonyl (C=O) groups excluding carboxylic acids is 1. The summed E-state index contributed by atoms with van der Waals surface area (Å²) in [7, 11) is 1.73. The van der Waals surface area contributed by atoms with Gasteiger partial charge in [0.15, 0.2) is 0 Å². The number of hydrogen-bond donors (Lipinski definition) is 2. The minimum Gasteiger partial charge on any atom is -0.389 e. The number of hydrogen-bond acceptors (Lipinski definition) is 5. The Labute approximate surface area is 123 Å². The average molecular weight is 294 g/mol. The number of ether oxygens (including phenoxy) is 1. The van der Waals surface area contributed by atoms with Crippen LogP contribution in [0.2, 0.25) is 0 Å². The molecule has 116 valence electrons. The van der Waals surface area contributed by atoms with E-state index in [4.69, 9.17) is 4.74 Å². The number of rotatable bonds is 3. The van der Waals surface area contributed by atoms with E-state index in [9.17, 15) is 9.90 Å². The van der Waals surface area contributed by atoms with Gasteiger partial charge in [0.05, 0.1) is 25.4 Å². The highest BCUT2D eigenvalue weighted by molar-refractivity contribution is 5.92. The molecule has 0 radical (unpaired) electrons. The number of aliphatic hydroxyl groups is 1. The van der Waals surface area contributed by atoms with Crippen LogP contribution in [0.15, 0.2) is 12.3 Å². The minimum absolute atomic E-state index is 0.116. The molecule has 1 aliphatic carbocycles. The van der Waals surface area contributed by atoms with Crippen molar-refractivity contribution in [3.8, 4) is 0 Å². The second-order valence-electron chi connectivity index (χ2n) is 5.70. The SMILES string of the molecule is Cn1nccc1C(=O)N[C@@H]1CC[C@@H](N2CCOCC2)[C@@H]1O. The van der Waals surface area contributed by atoms with Crippen LogP contribution in [-0.4, -0.2) is 70.2 Å². The normalized spacial score (nSPS) is 30.5. The Morgan fingerprint density at radius 1 is 1.43 bits per heavy atom. The summed E-state index contributed by atoms with van der Waals surface area (Å²) in [5, 5.41) is 17.4. The molecule has 1 amide bonds. The Kier molecular flexibility index (Phi) is 4.23. The highest BCUT2D eigenvalue weighted by Crippen LogP contribution is 2.25. The lowest BCUT2D eigenvalue weighted by molar-refractivity contribution is -0.0154. The molecule has 3 rings (SSSR count). The molecular formula is C14H22N4O3. The van der Waals surface area contributed by atoms with Gasteiger partial charge in [0.25, 0.3) is 5.91 Å². The monoisotopic (exact) mass is 294 g/mol. The number of aromatic nitrogens is 2. The number of aliphatic hydroxyl groups excluding tert-OH is 1. The molecule has 3 atom stereocenters. The summed E-state index contributed by atoms with van der Waals surface area (Å²) < 4.78 is 6.88. The van der Waals surface area contributed by atoms with Crippen molar-refractivity contribution in [1.82, 2.24) is 20.0 Å². The first kappa shape index (κ1) is 14.5. The summed E-state index contributed by atoms with van der Waals surface area (Å²) in [5.41, 5.74) is 0.511. The van der Waals surface area contributed by atoms with Crippen molar-refractivity contribution in [1.29, 1.82) is 0 Å². The molecule has 7 nitrogen and oxygen atoms in total. The first-order valence-electron chi connectivity index (χ1n) is 7.45. The van der Waals surface area contributed by atoms with E-state index < -0.39 is 6.10 Å². The molecule has 2 fully saturated rings. The van der Waals surface area contributed by atoms with Crippen molar-refractivity contribution in [3.05, 3.63) is 18.0 Å². The van der Waals surface area contributed by atoms with Gasteiger partial charge >= 0.3 is 0 Å². The van der Waals surface area contributed by atoms with E-state index in [1.54, 1.807) is 19.3 Å². The molecule has 2 aliphatic rings. The Hall–Kier alpha value is -1.44. The molecule has 0 aromatic carbocycles. The van der Waals surface area contributed by atoms with Gasteiger partial charge in [0, 0.05) is 32.4 Å². The third kappa shape index (κ3) is 2.95. The summed E-state index contributed by atoms with van der Waals surface area (Å²) in [6.45, 7) is 3.14. The standard InChI is InChI=1S/C14H22N4O3/c1-17-12(4-5-15-17)14(20)16-10-2-3-11(13(10)19)18-6-8-21-9-7-18/h4-5,10-11,13,19H,2-3,6-9H2,1H3,(H,16,20)/t10-,11-,13-/m1/s1. The first-order valence-corrected chi connectivity index (χ1v) is 7.45. The van der Waals surface area contributed by atoms with E-state index >= 15 is 0 Å². The van der Waals surface area contributed by atoms with Crippen LogP contribution in [0.25, 0.3) is 0 Å². The molecule has 0 spiro atoms. The van der Waals surface area contributed by atoms with Crippen LogP contribution in [-0.2, 0) is 11.8 Å². The summed E-state index contributed by atoms with van der Waals surface area (Å²) >= 11 is 0. The fourth-order valence-corrected chi connectivity index (χ4v) is 3.26. The smallest absolute Gasteiger partial charge is 0.269 e. The number of aryl methyl sites for hydroxylation is 1. The maximum atomic E-state index is 12.2. The van der Waals surface area contributed by atoms with Crippen LogP contribution in [0.3, 0.4) is 0 Å². The van der Waals surface area contributed by atoms with Gasteiger partial charge in [-0.15, -0.1) is 0 Å². The van der Waals surface area contributed by atoms with Gasteiger partial charge in [-0.3, -0.25) is 14.4 Å². The molecule has 21 heavy (non-hydrogen) atoms. The van der Waals surface area contributed by atoms with E-state index in [2.05, 4.69) is 15.3 Å². The molecule has 1 aromatic heterocycles. The number of nitrogens with one attached hydrogen (secondary N) is 1. The quantitative estimate of drug-likeness (QED) is 0.776. The van der Waals surface area contributed by atoms with Gasteiger partial charge in [0.1, 0.15) is 5.69 Å². The Balaban J connectivity index is 1.60. The lowest BCUT2D eigenvalue weighted by Crippen LogP contribution is -2.51. The Morgan fingerprint density at radius 2 is 2.19 bits per heavy atom. The summed E-state index contributed by atoms with van der Waals surface area (Å²) in [6.07, 6.45) is 2.76. The molecular weight excluding hydrogens is 272 g/mol. The van der Waals surface area contributed by atoms with Gasteiger partial charge in [0.2, 0.25) is 0 Å². The molecule has 7 heteroatoms. The largest absolute Gasteiger partial charge is 0.389 e. The molecule has 0 bridgehead atoms. The van der Waals surface area contributed by atoms with E-state index in [-0.39, 0.29) is 18.0 Å². The zero-order chi connectivity index (χ0) is 14.8. The molecule has 1 aliphatic heterocycles.